The Morgan fingerprint density at radius 3 is 2.67 bits per heavy atom. The summed E-state index contributed by atoms with van der Waals surface area (Å²) in [6, 6.07) is 12.9. The maximum absolute atomic E-state index is 11.0. The number of nitrogens with zero attached hydrogens (tertiary/aromatic N) is 1. The maximum atomic E-state index is 11.0. The van der Waals surface area contributed by atoms with E-state index in [-0.39, 0.29) is 10.6 Å². The van der Waals surface area contributed by atoms with E-state index in [9.17, 15) is 10.1 Å². The Balaban J connectivity index is 2.39. The number of benzene rings is 2. The van der Waals surface area contributed by atoms with Gasteiger partial charge in [-0.05, 0) is 31.2 Å². The molecule has 0 heterocycles. The van der Waals surface area contributed by atoms with E-state index in [0.717, 1.165) is 14.9 Å². The molecule has 3 nitrogen and oxygen atoms in total. The van der Waals surface area contributed by atoms with Crippen molar-refractivity contribution in [2.45, 2.75) is 16.7 Å². The minimum atomic E-state index is -0.357. The molecule has 0 aliphatic heterocycles. The van der Waals surface area contributed by atoms with E-state index in [4.69, 9.17) is 0 Å². The summed E-state index contributed by atoms with van der Waals surface area (Å²) in [5.41, 5.74) is 1.27. The van der Waals surface area contributed by atoms with E-state index in [1.165, 1.54) is 17.8 Å². The van der Waals surface area contributed by atoms with E-state index in [0.29, 0.717) is 4.90 Å². The van der Waals surface area contributed by atoms with E-state index < -0.39 is 0 Å². The van der Waals surface area contributed by atoms with Gasteiger partial charge in [0, 0.05) is 15.4 Å². The molecule has 0 saturated heterocycles. The highest BCUT2D eigenvalue weighted by Gasteiger charge is 2.14. The van der Waals surface area contributed by atoms with Crippen molar-refractivity contribution < 1.29 is 4.92 Å². The van der Waals surface area contributed by atoms with Crippen LogP contribution in [0.15, 0.2) is 56.7 Å². The molecular formula is C13H10BrNO2S. The van der Waals surface area contributed by atoms with E-state index >= 15 is 0 Å². The molecule has 18 heavy (non-hydrogen) atoms. The highest BCUT2D eigenvalue weighted by Crippen LogP contribution is 2.36. The summed E-state index contributed by atoms with van der Waals surface area (Å²) in [5.74, 6) is 0. The van der Waals surface area contributed by atoms with Crippen LogP contribution in [0, 0.1) is 17.0 Å². The third-order valence-corrected chi connectivity index (χ3v) is 3.87. The summed E-state index contributed by atoms with van der Waals surface area (Å²) in [7, 11) is 0. The van der Waals surface area contributed by atoms with Gasteiger partial charge in [-0.15, -0.1) is 0 Å². The van der Waals surface area contributed by atoms with Crippen LogP contribution in [0.1, 0.15) is 5.56 Å². The smallest absolute Gasteiger partial charge is 0.258 e. The molecule has 2 aromatic carbocycles. The molecule has 0 aliphatic carbocycles. The van der Waals surface area contributed by atoms with Crippen LogP contribution in [-0.4, -0.2) is 4.92 Å². The van der Waals surface area contributed by atoms with Gasteiger partial charge in [0.25, 0.3) is 5.69 Å². The summed E-state index contributed by atoms with van der Waals surface area (Å²) in [6.07, 6.45) is 0. The van der Waals surface area contributed by atoms with Gasteiger partial charge in [0.2, 0.25) is 0 Å². The van der Waals surface area contributed by atoms with Crippen LogP contribution in [0.4, 0.5) is 5.69 Å². The Hall–Kier alpha value is -1.33. The normalized spacial score (nSPS) is 10.3. The number of halogens is 1. The third-order valence-electron chi connectivity index (χ3n) is 2.34. The number of nitro groups is 1. The zero-order valence-corrected chi connectivity index (χ0v) is 12.0. The van der Waals surface area contributed by atoms with Crippen molar-refractivity contribution in [3.8, 4) is 0 Å². The van der Waals surface area contributed by atoms with Crippen molar-refractivity contribution in [2.75, 3.05) is 0 Å². The summed E-state index contributed by atoms with van der Waals surface area (Å²) >= 11 is 4.74. The van der Waals surface area contributed by atoms with Crippen molar-refractivity contribution in [2.24, 2.45) is 0 Å². The van der Waals surface area contributed by atoms with Crippen LogP contribution < -0.4 is 0 Å². The fraction of sp³-hybridized carbons (Fsp3) is 0.0769. The Morgan fingerprint density at radius 2 is 2.00 bits per heavy atom. The molecule has 0 radical (unpaired) electrons. The minimum absolute atomic E-state index is 0.129. The van der Waals surface area contributed by atoms with Crippen LogP contribution in [-0.2, 0) is 0 Å². The predicted octanol–water partition coefficient (Wildman–Crippen LogP) is 4.82. The summed E-state index contributed by atoms with van der Waals surface area (Å²) in [6.45, 7) is 2.00. The molecule has 0 unspecified atom stereocenters. The van der Waals surface area contributed by atoms with Crippen LogP contribution in [0.3, 0.4) is 0 Å². The molecule has 0 N–H and O–H groups in total. The van der Waals surface area contributed by atoms with Crippen LogP contribution in [0.5, 0.6) is 0 Å². The molecule has 0 saturated carbocycles. The largest absolute Gasteiger partial charge is 0.283 e. The van der Waals surface area contributed by atoms with E-state index in [1.807, 2.05) is 31.2 Å². The van der Waals surface area contributed by atoms with Crippen LogP contribution >= 0.6 is 27.7 Å². The van der Waals surface area contributed by atoms with Crippen molar-refractivity contribution in [3.63, 3.8) is 0 Å². The first-order chi connectivity index (χ1) is 8.56. The lowest BCUT2D eigenvalue weighted by Gasteiger charge is -2.04. The van der Waals surface area contributed by atoms with Gasteiger partial charge in [0.15, 0.2) is 0 Å². The third kappa shape index (κ3) is 3.11. The lowest BCUT2D eigenvalue weighted by atomic mass is 10.2. The molecule has 5 heteroatoms. The van der Waals surface area contributed by atoms with Crippen LogP contribution in [0.25, 0.3) is 0 Å². The number of nitro benzene ring substituents is 1. The summed E-state index contributed by atoms with van der Waals surface area (Å²) in [5, 5.41) is 11.0. The van der Waals surface area contributed by atoms with Crippen molar-refractivity contribution in [1.82, 2.24) is 0 Å². The number of aryl methyl sites for hydroxylation is 1. The molecule has 92 valence electrons. The number of hydrogen-bond acceptors (Lipinski definition) is 3. The molecular weight excluding hydrogens is 314 g/mol. The first-order valence-corrected chi connectivity index (χ1v) is 6.85. The van der Waals surface area contributed by atoms with Gasteiger partial charge in [0.1, 0.15) is 0 Å². The molecule has 0 spiro atoms. The molecule has 0 bridgehead atoms. The van der Waals surface area contributed by atoms with Crippen molar-refractivity contribution in [3.05, 3.63) is 62.6 Å². The Kier molecular flexibility index (Phi) is 4.04. The van der Waals surface area contributed by atoms with E-state index in [2.05, 4.69) is 15.9 Å². The number of rotatable bonds is 3. The topological polar surface area (TPSA) is 43.1 Å². The highest BCUT2D eigenvalue weighted by molar-refractivity contribution is 9.10. The fourth-order valence-electron chi connectivity index (χ4n) is 1.53. The Morgan fingerprint density at radius 1 is 1.22 bits per heavy atom. The molecule has 0 amide bonds. The molecule has 2 aromatic rings. The average molecular weight is 324 g/mol. The fourth-order valence-corrected chi connectivity index (χ4v) is 3.12. The maximum Gasteiger partial charge on any atom is 0.283 e. The zero-order valence-electron chi connectivity index (χ0n) is 9.59. The Labute approximate surface area is 117 Å². The summed E-state index contributed by atoms with van der Waals surface area (Å²) < 4.78 is 0.836. The second kappa shape index (κ2) is 5.54. The second-order valence-corrected chi connectivity index (χ2v) is 5.82. The quantitative estimate of drug-likeness (QED) is 0.601. The first-order valence-electron chi connectivity index (χ1n) is 5.25. The molecule has 0 fully saturated rings. The molecule has 2 rings (SSSR count). The second-order valence-electron chi connectivity index (χ2n) is 3.79. The standard InChI is InChI=1S/C13H10BrNO2S/c1-9-3-2-4-11(7-9)18-13-8-10(14)5-6-12(13)15(16)17/h2-8H,1H3. The average Bonchev–Trinajstić information content (AvgIpc) is 2.28. The van der Waals surface area contributed by atoms with Gasteiger partial charge in [-0.1, -0.05) is 45.4 Å². The Bertz CT molecular complexity index is 601. The molecule has 0 atom stereocenters. The molecule has 0 aliphatic rings. The van der Waals surface area contributed by atoms with Crippen molar-refractivity contribution in [1.29, 1.82) is 0 Å². The van der Waals surface area contributed by atoms with Gasteiger partial charge >= 0.3 is 0 Å². The van der Waals surface area contributed by atoms with Crippen molar-refractivity contribution >= 4 is 33.4 Å². The van der Waals surface area contributed by atoms with Crippen LogP contribution in [0.2, 0.25) is 0 Å². The lowest BCUT2D eigenvalue weighted by molar-refractivity contribution is -0.387. The zero-order chi connectivity index (χ0) is 13.1. The van der Waals surface area contributed by atoms with Gasteiger partial charge in [0.05, 0.1) is 9.82 Å². The monoisotopic (exact) mass is 323 g/mol. The van der Waals surface area contributed by atoms with Gasteiger partial charge < -0.3 is 0 Å². The lowest BCUT2D eigenvalue weighted by Crippen LogP contribution is -1.90. The minimum Gasteiger partial charge on any atom is -0.258 e. The van der Waals surface area contributed by atoms with Gasteiger partial charge in [-0.25, -0.2) is 0 Å². The first kappa shape index (κ1) is 13.1. The SMILES string of the molecule is Cc1cccc(Sc2cc(Br)ccc2[N+](=O)[O-])c1. The predicted molar refractivity (Wildman–Crippen MR) is 76.1 cm³/mol. The van der Waals surface area contributed by atoms with Gasteiger partial charge in [-0.2, -0.15) is 0 Å². The van der Waals surface area contributed by atoms with E-state index in [1.54, 1.807) is 12.1 Å². The summed E-state index contributed by atoms with van der Waals surface area (Å²) in [4.78, 5) is 12.2. The highest BCUT2D eigenvalue weighted by atomic mass is 79.9. The molecule has 0 aromatic heterocycles. The number of hydrogen-bond donors (Lipinski definition) is 0. The van der Waals surface area contributed by atoms with Gasteiger partial charge in [-0.3, -0.25) is 10.1 Å².